The van der Waals surface area contributed by atoms with Gasteiger partial charge in [0.05, 0.1) is 16.9 Å². The van der Waals surface area contributed by atoms with Gasteiger partial charge >= 0.3 is 0 Å². The van der Waals surface area contributed by atoms with Gasteiger partial charge in [0.2, 0.25) is 0 Å². The minimum Gasteiger partial charge on any atom is -0.278 e. The van der Waals surface area contributed by atoms with Crippen molar-refractivity contribution in [1.29, 1.82) is 0 Å². The number of benzene rings is 2. The molecule has 0 spiro atoms. The maximum Gasteiger partial charge on any atom is 0.133 e. The fraction of sp³-hybridized carbons (Fsp3) is 0. The summed E-state index contributed by atoms with van der Waals surface area (Å²) in [4.78, 5) is 0. The molecule has 0 bridgehead atoms. The van der Waals surface area contributed by atoms with Crippen LogP contribution in [0.1, 0.15) is 5.56 Å². The van der Waals surface area contributed by atoms with Crippen molar-refractivity contribution in [3.8, 4) is 0 Å². The van der Waals surface area contributed by atoms with E-state index < -0.39 is 5.82 Å². The largest absolute Gasteiger partial charge is 0.278 e. The maximum atomic E-state index is 13.4. The highest BCUT2D eigenvalue weighted by atomic mass is 35.5. The molecule has 0 atom stereocenters. The van der Waals surface area contributed by atoms with E-state index >= 15 is 0 Å². The van der Waals surface area contributed by atoms with Gasteiger partial charge in [-0.25, -0.2) is 4.39 Å². The van der Waals surface area contributed by atoms with E-state index in [1.165, 1.54) is 12.3 Å². The Morgan fingerprint density at radius 1 is 1.11 bits per heavy atom. The molecule has 1 N–H and O–H groups in total. The van der Waals surface area contributed by atoms with Crippen LogP contribution in [0, 0.1) is 5.82 Å². The second-order valence-electron chi connectivity index (χ2n) is 3.52. The van der Waals surface area contributed by atoms with Gasteiger partial charge in [0.1, 0.15) is 5.82 Å². The van der Waals surface area contributed by atoms with Crippen LogP contribution < -0.4 is 5.43 Å². The van der Waals surface area contributed by atoms with E-state index in [9.17, 15) is 4.39 Å². The van der Waals surface area contributed by atoms with E-state index in [4.69, 9.17) is 23.2 Å². The van der Waals surface area contributed by atoms with E-state index in [0.717, 1.165) is 0 Å². The molecule has 0 fully saturated rings. The van der Waals surface area contributed by atoms with E-state index in [1.807, 2.05) is 0 Å². The molecule has 2 aromatic carbocycles. The van der Waals surface area contributed by atoms with Gasteiger partial charge in [-0.3, -0.25) is 5.43 Å². The van der Waals surface area contributed by atoms with Crippen LogP contribution in [0.15, 0.2) is 47.6 Å². The SMILES string of the molecule is Fc1cccc(Cl)c1/C=N\Nc1cccc(Cl)c1. The molecular weight excluding hydrogens is 274 g/mol. The summed E-state index contributed by atoms with van der Waals surface area (Å²) in [6, 6.07) is 11.5. The van der Waals surface area contributed by atoms with Crippen molar-refractivity contribution in [3.05, 3.63) is 63.9 Å². The minimum absolute atomic E-state index is 0.244. The number of nitrogens with zero attached hydrogens (tertiary/aromatic N) is 1. The predicted molar refractivity (Wildman–Crippen MR) is 74.1 cm³/mol. The van der Waals surface area contributed by atoms with Crippen molar-refractivity contribution in [3.63, 3.8) is 0 Å². The molecule has 0 aliphatic carbocycles. The number of hydrogen-bond acceptors (Lipinski definition) is 2. The monoisotopic (exact) mass is 282 g/mol. The molecule has 0 saturated heterocycles. The van der Waals surface area contributed by atoms with Gasteiger partial charge in [0, 0.05) is 10.6 Å². The molecule has 0 heterocycles. The lowest BCUT2D eigenvalue weighted by atomic mass is 10.2. The van der Waals surface area contributed by atoms with Crippen molar-refractivity contribution in [2.45, 2.75) is 0 Å². The van der Waals surface area contributed by atoms with E-state index in [2.05, 4.69) is 10.5 Å². The summed E-state index contributed by atoms with van der Waals surface area (Å²) >= 11 is 11.7. The van der Waals surface area contributed by atoms with Crippen molar-refractivity contribution in [2.24, 2.45) is 5.10 Å². The Kier molecular flexibility index (Phi) is 4.18. The fourth-order valence-corrected chi connectivity index (χ4v) is 1.77. The average molecular weight is 283 g/mol. The van der Waals surface area contributed by atoms with Gasteiger partial charge < -0.3 is 0 Å². The van der Waals surface area contributed by atoms with Gasteiger partial charge in [-0.05, 0) is 30.3 Å². The Labute approximate surface area is 114 Å². The minimum atomic E-state index is -0.417. The van der Waals surface area contributed by atoms with Crippen LogP contribution in [0.2, 0.25) is 10.0 Å². The van der Waals surface area contributed by atoms with E-state index in [0.29, 0.717) is 15.7 Å². The zero-order valence-electron chi connectivity index (χ0n) is 9.20. The molecule has 0 unspecified atom stereocenters. The number of halogens is 3. The first-order chi connectivity index (χ1) is 8.66. The molecule has 0 aliphatic rings. The summed E-state index contributed by atoms with van der Waals surface area (Å²) in [6.45, 7) is 0. The first-order valence-corrected chi connectivity index (χ1v) is 5.91. The Morgan fingerprint density at radius 3 is 2.61 bits per heavy atom. The number of hydrazone groups is 1. The van der Waals surface area contributed by atoms with Crippen LogP contribution >= 0.6 is 23.2 Å². The van der Waals surface area contributed by atoms with Crippen LogP contribution in [0.25, 0.3) is 0 Å². The molecule has 5 heteroatoms. The van der Waals surface area contributed by atoms with Crippen molar-refractivity contribution >= 4 is 35.1 Å². The first-order valence-electron chi connectivity index (χ1n) is 5.15. The molecule has 2 nitrogen and oxygen atoms in total. The third-order valence-corrected chi connectivity index (χ3v) is 2.78. The number of anilines is 1. The summed E-state index contributed by atoms with van der Waals surface area (Å²) in [7, 11) is 0. The van der Waals surface area contributed by atoms with Crippen LogP contribution in [0.4, 0.5) is 10.1 Å². The molecule has 0 amide bonds. The summed E-state index contributed by atoms with van der Waals surface area (Å²) in [5, 5.41) is 4.82. The zero-order chi connectivity index (χ0) is 13.0. The Balaban J connectivity index is 2.12. The highest BCUT2D eigenvalue weighted by Gasteiger charge is 2.03. The first kappa shape index (κ1) is 12.9. The number of nitrogens with one attached hydrogen (secondary N) is 1. The quantitative estimate of drug-likeness (QED) is 0.647. The summed E-state index contributed by atoms with van der Waals surface area (Å²) < 4.78 is 13.4. The normalized spacial score (nSPS) is 10.8. The summed E-state index contributed by atoms with van der Waals surface area (Å²) in [5.74, 6) is -0.417. The molecule has 2 rings (SSSR count). The molecular formula is C13H9Cl2FN2. The molecule has 92 valence electrons. The molecule has 0 aliphatic heterocycles. The van der Waals surface area contributed by atoms with Crippen LogP contribution in [-0.4, -0.2) is 6.21 Å². The summed E-state index contributed by atoms with van der Waals surface area (Å²) in [6.07, 6.45) is 1.33. The van der Waals surface area contributed by atoms with Gasteiger partial charge in [-0.1, -0.05) is 35.3 Å². The lowest BCUT2D eigenvalue weighted by molar-refractivity contribution is 0.626. The molecule has 0 radical (unpaired) electrons. The predicted octanol–water partition coefficient (Wildman–Crippen LogP) is 4.58. The zero-order valence-corrected chi connectivity index (χ0v) is 10.7. The fourth-order valence-electron chi connectivity index (χ4n) is 1.36. The van der Waals surface area contributed by atoms with E-state index in [1.54, 1.807) is 36.4 Å². The van der Waals surface area contributed by atoms with Gasteiger partial charge in [0.15, 0.2) is 0 Å². The average Bonchev–Trinajstić information content (AvgIpc) is 2.33. The van der Waals surface area contributed by atoms with Crippen LogP contribution in [0.5, 0.6) is 0 Å². The Hall–Kier alpha value is -1.58. The van der Waals surface area contributed by atoms with Gasteiger partial charge in [0.25, 0.3) is 0 Å². The Morgan fingerprint density at radius 2 is 1.89 bits per heavy atom. The second kappa shape index (κ2) is 5.85. The topological polar surface area (TPSA) is 24.4 Å². The smallest absolute Gasteiger partial charge is 0.133 e. The summed E-state index contributed by atoms with van der Waals surface area (Å²) in [5.41, 5.74) is 3.71. The molecule has 2 aromatic rings. The number of hydrogen-bond donors (Lipinski definition) is 1. The van der Waals surface area contributed by atoms with Crippen molar-refractivity contribution in [1.82, 2.24) is 0 Å². The van der Waals surface area contributed by atoms with Crippen LogP contribution in [-0.2, 0) is 0 Å². The lowest BCUT2D eigenvalue weighted by Gasteiger charge is -2.01. The number of rotatable bonds is 3. The van der Waals surface area contributed by atoms with Crippen molar-refractivity contribution < 1.29 is 4.39 Å². The Bertz CT molecular complexity index is 565. The highest BCUT2D eigenvalue weighted by molar-refractivity contribution is 6.33. The molecule has 18 heavy (non-hydrogen) atoms. The third kappa shape index (κ3) is 3.22. The molecule has 0 saturated carbocycles. The van der Waals surface area contributed by atoms with E-state index in [-0.39, 0.29) is 5.56 Å². The standard InChI is InChI=1S/C13H9Cl2FN2/c14-9-3-1-4-10(7-9)18-17-8-11-12(15)5-2-6-13(11)16/h1-8,18H/b17-8-. The third-order valence-electron chi connectivity index (χ3n) is 2.21. The maximum absolute atomic E-state index is 13.4. The van der Waals surface area contributed by atoms with Gasteiger partial charge in [-0.2, -0.15) is 5.10 Å². The second-order valence-corrected chi connectivity index (χ2v) is 4.36. The van der Waals surface area contributed by atoms with Gasteiger partial charge in [-0.15, -0.1) is 0 Å². The van der Waals surface area contributed by atoms with Crippen LogP contribution in [0.3, 0.4) is 0 Å². The lowest BCUT2D eigenvalue weighted by Crippen LogP contribution is -1.94. The van der Waals surface area contributed by atoms with Crippen molar-refractivity contribution in [2.75, 3.05) is 5.43 Å². The highest BCUT2D eigenvalue weighted by Crippen LogP contribution is 2.17. The molecule has 0 aromatic heterocycles.